The molecule has 1 atom stereocenters. The lowest BCUT2D eigenvalue weighted by atomic mass is 10.2. The van der Waals surface area contributed by atoms with Crippen molar-refractivity contribution in [3.8, 4) is 6.07 Å². The molecule has 1 aromatic rings. The third-order valence-corrected chi connectivity index (χ3v) is 3.36. The van der Waals surface area contributed by atoms with Gasteiger partial charge >= 0.3 is 0 Å². The van der Waals surface area contributed by atoms with Crippen molar-refractivity contribution in [1.82, 2.24) is 0 Å². The van der Waals surface area contributed by atoms with Crippen LogP contribution in [-0.4, -0.2) is 25.5 Å². The van der Waals surface area contributed by atoms with Crippen molar-refractivity contribution in [3.63, 3.8) is 0 Å². The van der Waals surface area contributed by atoms with Gasteiger partial charge in [0, 0.05) is 18.6 Å². The Hall–Kier alpha value is -1.18. The second-order valence-electron chi connectivity index (χ2n) is 3.65. The number of thioether (sulfide) groups is 1. The zero-order chi connectivity index (χ0) is 12.7. The molecular weight excluding hydrogens is 232 g/mol. The van der Waals surface area contributed by atoms with Gasteiger partial charge in [0.15, 0.2) is 0 Å². The first-order chi connectivity index (χ1) is 8.22. The Bertz CT molecular complexity index is 401. The normalized spacial score (nSPS) is 11.9. The number of ether oxygens (including phenoxy) is 1. The molecule has 0 heterocycles. The summed E-state index contributed by atoms with van der Waals surface area (Å²) in [5.41, 5.74) is 1.61. The highest BCUT2D eigenvalue weighted by Gasteiger charge is 2.08. The summed E-state index contributed by atoms with van der Waals surface area (Å²) in [4.78, 5) is 1.03. The lowest BCUT2D eigenvalue weighted by molar-refractivity contribution is 0.129. The summed E-state index contributed by atoms with van der Waals surface area (Å²) < 4.78 is 5.17. The van der Waals surface area contributed by atoms with E-state index in [0.29, 0.717) is 6.54 Å². The molecular formula is C13H18N2OS. The zero-order valence-electron chi connectivity index (χ0n) is 10.5. The average Bonchev–Trinajstić information content (AvgIpc) is 2.36. The molecule has 0 amide bonds. The van der Waals surface area contributed by atoms with Crippen molar-refractivity contribution in [2.45, 2.75) is 24.8 Å². The summed E-state index contributed by atoms with van der Waals surface area (Å²) in [6, 6.07) is 8.15. The first-order valence-corrected chi connectivity index (χ1v) is 6.64. The Morgan fingerprint density at radius 2 is 2.29 bits per heavy atom. The van der Waals surface area contributed by atoms with Crippen molar-refractivity contribution in [2.75, 3.05) is 24.7 Å². The number of nitriles is 1. The molecule has 0 bridgehead atoms. The van der Waals surface area contributed by atoms with Crippen LogP contribution >= 0.6 is 11.8 Å². The van der Waals surface area contributed by atoms with Crippen LogP contribution in [0.2, 0.25) is 0 Å². The Balaban J connectivity index is 2.84. The summed E-state index contributed by atoms with van der Waals surface area (Å²) in [6.45, 7) is 4.77. The third kappa shape index (κ3) is 3.95. The first kappa shape index (κ1) is 13.9. The highest BCUT2D eigenvalue weighted by atomic mass is 32.2. The highest BCUT2D eigenvalue weighted by Crippen LogP contribution is 2.27. The molecule has 0 aliphatic rings. The van der Waals surface area contributed by atoms with Crippen molar-refractivity contribution < 1.29 is 4.74 Å². The van der Waals surface area contributed by atoms with Crippen molar-refractivity contribution in [2.24, 2.45) is 0 Å². The van der Waals surface area contributed by atoms with Crippen LogP contribution in [0.25, 0.3) is 0 Å². The van der Waals surface area contributed by atoms with E-state index in [-0.39, 0.29) is 6.10 Å². The largest absolute Gasteiger partial charge is 0.381 e. The number of anilines is 1. The van der Waals surface area contributed by atoms with Gasteiger partial charge in [-0.25, -0.2) is 0 Å². The van der Waals surface area contributed by atoms with Crippen LogP contribution in [0.5, 0.6) is 0 Å². The maximum Gasteiger partial charge on any atom is 0.102 e. The molecule has 0 saturated carbocycles. The van der Waals surface area contributed by atoms with E-state index in [2.05, 4.69) is 18.3 Å². The van der Waals surface area contributed by atoms with E-state index in [4.69, 9.17) is 4.74 Å². The van der Waals surface area contributed by atoms with Crippen molar-refractivity contribution >= 4 is 17.4 Å². The van der Waals surface area contributed by atoms with Gasteiger partial charge in [-0.3, -0.25) is 0 Å². The quantitative estimate of drug-likeness (QED) is 0.788. The predicted molar refractivity (Wildman–Crippen MR) is 72.5 cm³/mol. The summed E-state index contributed by atoms with van der Waals surface area (Å²) in [5.74, 6) is 0.965. The molecule has 1 aromatic carbocycles. The van der Waals surface area contributed by atoms with Crippen LogP contribution in [0.1, 0.15) is 19.4 Å². The van der Waals surface area contributed by atoms with E-state index in [0.717, 1.165) is 21.9 Å². The van der Waals surface area contributed by atoms with Crippen LogP contribution < -0.4 is 5.32 Å². The average molecular weight is 250 g/mol. The molecule has 1 N–H and O–H groups in total. The molecule has 1 rings (SSSR count). The van der Waals surface area contributed by atoms with Crippen LogP contribution in [-0.2, 0) is 4.74 Å². The lowest BCUT2D eigenvalue weighted by Crippen LogP contribution is -2.18. The Kier molecular flexibility index (Phi) is 5.88. The zero-order valence-corrected chi connectivity index (χ0v) is 11.3. The molecule has 1 unspecified atom stereocenters. The van der Waals surface area contributed by atoms with Gasteiger partial charge in [0.2, 0.25) is 0 Å². The summed E-state index contributed by atoms with van der Waals surface area (Å²) >= 11 is 1.69. The van der Waals surface area contributed by atoms with Gasteiger partial charge in [0.1, 0.15) is 6.07 Å². The Labute approximate surface area is 107 Å². The fourth-order valence-corrected chi connectivity index (χ4v) is 2.19. The molecule has 0 saturated heterocycles. The highest BCUT2D eigenvalue weighted by molar-refractivity contribution is 7.99. The molecule has 3 nitrogen and oxygen atoms in total. The standard InChI is InChI=1S/C13H18N2OS/c1-4-17-13-7-5-6-12(11(13)8-14)15-9-10(2)16-3/h5-7,10,15H,4,9H2,1-3H3. The van der Waals surface area contributed by atoms with E-state index in [1.807, 2.05) is 25.1 Å². The van der Waals surface area contributed by atoms with Crippen LogP contribution in [0.3, 0.4) is 0 Å². The van der Waals surface area contributed by atoms with Gasteiger partial charge < -0.3 is 10.1 Å². The molecule has 0 radical (unpaired) electrons. The van der Waals surface area contributed by atoms with Crippen LogP contribution in [0, 0.1) is 11.3 Å². The molecule has 0 aliphatic carbocycles. The van der Waals surface area contributed by atoms with E-state index >= 15 is 0 Å². The maximum atomic E-state index is 9.21. The lowest BCUT2D eigenvalue weighted by Gasteiger charge is -2.14. The van der Waals surface area contributed by atoms with E-state index in [1.165, 1.54) is 0 Å². The fraction of sp³-hybridized carbons (Fsp3) is 0.462. The Morgan fingerprint density at radius 1 is 1.53 bits per heavy atom. The van der Waals surface area contributed by atoms with E-state index in [9.17, 15) is 5.26 Å². The SMILES string of the molecule is CCSc1cccc(NCC(C)OC)c1C#N. The minimum absolute atomic E-state index is 0.129. The monoisotopic (exact) mass is 250 g/mol. The van der Waals surface area contributed by atoms with Crippen molar-refractivity contribution in [3.05, 3.63) is 23.8 Å². The van der Waals surface area contributed by atoms with Gasteiger partial charge in [0.05, 0.1) is 17.4 Å². The molecule has 0 fully saturated rings. The molecule has 17 heavy (non-hydrogen) atoms. The van der Waals surface area contributed by atoms with E-state index in [1.54, 1.807) is 18.9 Å². The second-order valence-corrected chi connectivity index (χ2v) is 4.96. The number of benzene rings is 1. The van der Waals surface area contributed by atoms with Gasteiger partial charge in [-0.15, -0.1) is 11.8 Å². The first-order valence-electron chi connectivity index (χ1n) is 5.65. The topological polar surface area (TPSA) is 45.0 Å². The third-order valence-electron chi connectivity index (χ3n) is 2.42. The van der Waals surface area contributed by atoms with Crippen LogP contribution in [0.4, 0.5) is 5.69 Å². The summed E-state index contributed by atoms with van der Waals surface area (Å²) in [5, 5.41) is 12.5. The number of rotatable bonds is 6. The number of nitrogens with zero attached hydrogens (tertiary/aromatic N) is 1. The van der Waals surface area contributed by atoms with Gasteiger partial charge in [-0.05, 0) is 24.8 Å². The molecule has 0 aliphatic heterocycles. The van der Waals surface area contributed by atoms with Gasteiger partial charge in [-0.1, -0.05) is 13.0 Å². The predicted octanol–water partition coefficient (Wildman–Crippen LogP) is 3.12. The van der Waals surface area contributed by atoms with Gasteiger partial charge in [-0.2, -0.15) is 5.26 Å². The fourth-order valence-electron chi connectivity index (χ4n) is 1.41. The summed E-state index contributed by atoms with van der Waals surface area (Å²) in [7, 11) is 1.68. The summed E-state index contributed by atoms with van der Waals surface area (Å²) in [6.07, 6.45) is 0.129. The number of hydrogen-bond donors (Lipinski definition) is 1. The minimum Gasteiger partial charge on any atom is -0.381 e. The smallest absolute Gasteiger partial charge is 0.102 e. The molecule has 92 valence electrons. The van der Waals surface area contributed by atoms with E-state index < -0.39 is 0 Å². The molecule has 0 aromatic heterocycles. The number of hydrogen-bond acceptors (Lipinski definition) is 4. The number of methoxy groups -OCH3 is 1. The number of nitrogens with one attached hydrogen (secondary N) is 1. The second kappa shape index (κ2) is 7.21. The Morgan fingerprint density at radius 3 is 2.88 bits per heavy atom. The minimum atomic E-state index is 0.129. The van der Waals surface area contributed by atoms with Crippen molar-refractivity contribution in [1.29, 1.82) is 5.26 Å². The van der Waals surface area contributed by atoms with Crippen LogP contribution in [0.15, 0.2) is 23.1 Å². The van der Waals surface area contributed by atoms with Gasteiger partial charge in [0.25, 0.3) is 0 Å². The molecule has 0 spiro atoms. The maximum absolute atomic E-state index is 9.21. The molecule has 4 heteroatoms.